The van der Waals surface area contributed by atoms with Crippen molar-refractivity contribution in [2.45, 2.75) is 38.7 Å². The number of aromatic nitrogens is 2. The van der Waals surface area contributed by atoms with Gasteiger partial charge in [-0.1, -0.05) is 43.7 Å². The van der Waals surface area contributed by atoms with Crippen LogP contribution in [0.1, 0.15) is 37.5 Å². The van der Waals surface area contributed by atoms with Crippen molar-refractivity contribution in [1.82, 2.24) is 20.4 Å². The maximum absolute atomic E-state index is 12.1. The first-order valence-electron chi connectivity index (χ1n) is 8.40. The van der Waals surface area contributed by atoms with Gasteiger partial charge >= 0.3 is 6.03 Å². The molecule has 136 valence electrons. The third-order valence-corrected chi connectivity index (χ3v) is 4.41. The van der Waals surface area contributed by atoms with Gasteiger partial charge in [-0.25, -0.2) is 4.79 Å². The third-order valence-electron chi connectivity index (χ3n) is 4.41. The Morgan fingerprint density at radius 3 is 2.48 bits per heavy atom. The second kappa shape index (κ2) is 7.27. The van der Waals surface area contributed by atoms with Crippen LogP contribution in [0.25, 0.3) is 0 Å². The summed E-state index contributed by atoms with van der Waals surface area (Å²) in [5.41, 5.74) is 1.68. The predicted octanol–water partition coefficient (Wildman–Crippen LogP) is 2.21. The molecule has 0 aliphatic rings. The number of hydrogen-bond acceptors (Lipinski definition) is 3. The van der Waals surface area contributed by atoms with E-state index in [1.165, 1.54) is 11.1 Å². The summed E-state index contributed by atoms with van der Waals surface area (Å²) >= 11 is 0. The summed E-state index contributed by atoms with van der Waals surface area (Å²) in [5, 5.41) is 20.2. The van der Waals surface area contributed by atoms with Gasteiger partial charge in [-0.15, -0.1) is 0 Å². The molecule has 0 bridgehead atoms. The van der Waals surface area contributed by atoms with E-state index in [1.807, 2.05) is 6.07 Å². The van der Waals surface area contributed by atoms with Gasteiger partial charge in [0.15, 0.2) is 0 Å². The number of hydrogen-bond donors (Lipinski definition) is 3. The fraction of sp³-hybridized carbons (Fsp3) is 0.474. The van der Waals surface area contributed by atoms with Crippen LogP contribution in [0.2, 0.25) is 0 Å². The van der Waals surface area contributed by atoms with Crippen molar-refractivity contribution in [3.8, 4) is 0 Å². The molecule has 1 heterocycles. The molecule has 6 nitrogen and oxygen atoms in total. The molecule has 1 aromatic carbocycles. The molecule has 2 rings (SSSR count). The summed E-state index contributed by atoms with van der Waals surface area (Å²) in [5.74, 6) is 0. The average molecular weight is 344 g/mol. The van der Waals surface area contributed by atoms with Crippen molar-refractivity contribution in [2.24, 2.45) is 7.05 Å². The molecule has 1 unspecified atom stereocenters. The highest BCUT2D eigenvalue weighted by molar-refractivity contribution is 5.74. The van der Waals surface area contributed by atoms with E-state index in [2.05, 4.69) is 54.7 Å². The predicted molar refractivity (Wildman–Crippen MR) is 98.4 cm³/mol. The van der Waals surface area contributed by atoms with Crippen molar-refractivity contribution < 1.29 is 9.90 Å². The molecule has 0 saturated carbocycles. The van der Waals surface area contributed by atoms with Gasteiger partial charge in [0, 0.05) is 30.8 Å². The summed E-state index contributed by atoms with van der Waals surface area (Å²) in [4.78, 5) is 12.1. The van der Waals surface area contributed by atoms with Crippen molar-refractivity contribution in [2.75, 3.05) is 13.1 Å². The van der Waals surface area contributed by atoms with E-state index in [0.29, 0.717) is 12.1 Å². The summed E-state index contributed by atoms with van der Waals surface area (Å²) in [6.45, 7) is 8.50. The van der Waals surface area contributed by atoms with E-state index < -0.39 is 5.60 Å². The molecule has 1 atom stereocenters. The lowest BCUT2D eigenvalue weighted by Gasteiger charge is -2.27. The standard InChI is InChI=1S/C19H28N4O2/c1-14-7-6-8-15(9-14)18(2,3)12-20-17(24)21-13-19(4,25)16-10-22-23(5)11-16/h6-11,25H,12-13H2,1-5H3,(H2,20,21,24). The number of nitrogens with one attached hydrogen (secondary N) is 2. The number of nitrogens with zero attached hydrogens (tertiary/aromatic N) is 2. The average Bonchev–Trinajstić information content (AvgIpc) is 2.99. The van der Waals surface area contributed by atoms with Gasteiger partial charge in [0.05, 0.1) is 12.7 Å². The van der Waals surface area contributed by atoms with Crippen LogP contribution in [0.5, 0.6) is 0 Å². The Hall–Kier alpha value is -2.34. The molecule has 0 saturated heterocycles. The minimum atomic E-state index is -1.17. The molecule has 6 heteroatoms. The molecule has 0 fully saturated rings. The minimum absolute atomic E-state index is 0.107. The van der Waals surface area contributed by atoms with Gasteiger partial charge in [0.1, 0.15) is 5.60 Å². The fourth-order valence-electron chi connectivity index (χ4n) is 2.59. The van der Waals surface area contributed by atoms with E-state index in [9.17, 15) is 9.90 Å². The highest BCUT2D eigenvalue weighted by Crippen LogP contribution is 2.23. The molecule has 0 aliphatic heterocycles. The quantitative estimate of drug-likeness (QED) is 0.752. The number of benzene rings is 1. The molecule has 2 aromatic rings. The van der Waals surface area contributed by atoms with Crippen LogP contribution in [0, 0.1) is 6.92 Å². The zero-order valence-electron chi connectivity index (χ0n) is 15.6. The third kappa shape index (κ3) is 5.06. The van der Waals surface area contributed by atoms with Gasteiger partial charge < -0.3 is 15.7 Å². The number of amides is 2. The van der Waals surface area contributed by atoms with Crippen LogP contribution < -0.4 is 10.6 Å². The summed E-state index contributed by atoms with van der Waals surface area (Å²) in [6, 6.07) is 7.98. The first-order valence-corrected chi connectivity index (χ1v) is 8.40. The Morgan fingerprint density at radius 1 is 1.20 bits per heavy atom. The molecule has 1 aromatic heterocycles. The Kier molecular flexibility index (Phi) is 5.52. The van der Waals surface area contributed by atoms with E-state index in [-0.39, 0.29) is 18.0 Å². The Morgan fingerprint density at radius 2 is 1.88 bits per heavy atom. The van der Waals surface area contributed by atoms with Crippen LogP contribution in [0.3, 0.4) is 0 Å². The van der Waals surface area contributed by atoms with Crippen molar-refractivity contribution >= 4 is 6.03 Å². The van der Waals surface area contributed by atoms with Crippen molar-refractivity contribution in [1.29, 1.82) is 0 Å². The Labute approximate surface area is 149 Å². The number of aryl methyl sites for hydroxylation is 2. The maximum Gasteiger partial charge on any atom is 0.314 e. The van der Waals surface area contributed by atoms with E-state index in [0.717, 1.165) is 0 Å². The molecule has 0 radical (unpaired) electrons. The lowest BCUT2D eigenvalue weighted by atomic mass is 9.84. The Bertz CT molecular complexity index is 735. The van der Waals surface area contributed by atoms with Crippen LogP contribution >= 0.6 is 0 Å². The lowest BCUT2D eigenvalue weighted by Crippen LogP contribution is -2.46. The van der Waals surface area contributed by atoms with E-state index in [4.69, 9.17) is 0 Å². The molecule has 0 spiro atoms. The maximum atomic E-state index is 12.1. The number of carbonyl (C=O) groups is 1. The molecular formula is C19H28N4O2. The van der Waals surface area contributed by atoms with Gasteiger partial charge in [-0.05, 0) is 19.4 Å². The molecule has 2 amide bonds. The first kappa shape index (κ1) is 19.0. The largest absolute Gasteiger partial charge is 0.383 e. The molecule has 25 heavy (non-hydrogen) atoms. The lowest BCUT2D eigenvalue weighted by molar-refractivity contribution is 0.0593. The second-order valence-corrected chi connectivity index (χ2v) is 7.47. The highest BCUT2D eigenvalue weighted by Gasteiger charge is 2.26. The second-order valence-electron chi connectivity index (χ2n) is 7.47. The van der Waals surface area contributed by atoms with Crippen LogP contribution in [-0.4, -0.2) is 34.0 Å². The molecular weight excluding hydrogens is 316 g/mol. The topological polar surface area (TPSA) is 79.2 Å². The zero-order chi connectivity index (χ0) is 18.7. The summed E-state index contributed by atoms with van der Waals surface area (Å²) in [7, 11) is 1.78. The van der Waals surface area contributed by atoms with Gasteiger partial charge in [0.2, 0.25) is 0 Å². The van der Waals surface area contributed by atoms with Crippen molar-refractivity contribution in [3.63, 3.8) is 0 Å². The number of carbonyl (C=O) groups excluding carboxylic acids is 1. The minimum Gasteiger partial charge on any atom is -0.383 e. The van der Waals surface area contributed by atoms with Gasteiger partial charge in [0.25, 0.3) is 0 Å². The van der Waals surface area contributed by atoms with Crippen LogP contribution in [0.4, 0.5) is 4.79 Å². The smallest absolute Gasteiger partial charge is 0.314 e. The number of urea groups is 1. The SMILES string of the molecule is Cc1cccc(C(C)(C)CNC(=O)NCC(C)(O)c2cnn(C)c2)c1. The number of aliphatic hydroxyl groups is 1. The van der Waals surface area contributed by atoms with Gasteiger partial charge in [-0.2, -0.15) is 5.10 Å². The summed E-state index contributed by atoms with van der Waals surface area (Å²) < 4.78 is 1.62. The zero-order valence-corrected chi connectivity index (χ0v) is 15.6. The number of rotatable bonds is 6. The normalized spacial score (nSPS) is 14.0. The monoisotopic (exact) mass is 344 g/mol. The van der Waals surface area contributed by atoms with Crippen LogP contribution in [-0.2, 0) is 18.1 Å². The molecule has 3 N–H and O–H groups in total. The molecule has 0 aliphatic carbocycles. The van der Waals surface area contributed by atoms with Crippen LogP contribution in [0.15, 0.2) is 36.7 Å². The van der Waals surface area contributed by atoms with Gasteiger partial charge in [-0.3, -0.25) is 4.68 Å². The highest BCUT2D eigenvalue weighted by atomic mass is 16.3. The van der Waals surface area contributed by atoms with Crippen molar-refractivity contribution in [3.05, 3.63) is 53.3 Å². The Balaban J connectivity index is 1.88. The first-order chi connectivity index (χ1) is 11.6. The van der Waals surface area contributed by atoms with E-state index >= 15 is 0 Å². The van der Waals surface area contributed by atoms with E-state index in [1.54, 1.807) is 31.0 Å². The fourth-order valence-corrected chi connectivity index (χ4v) is 2.59. The summed E-state index contributed by atoms with van der Waals surface area (Å²) in [6.07, 6.45) is 3.33.